The number of carbonyl (C=O) groups excluding carboxylic acids is 3. The van der Waals surface area contributed by atoms with Crippen molar-refractivity contribution < 1.29 is 52.2 Å². The van der Waals surface area contributed by atoms with E-state index in [1.807, 2.05) is 12.2 Å². The molecule has 0 saturated heterocycles. The van der Waals surface area contributed by atoms with Crippen LogP contribution in [0.3, 0.4) is 0 Å². The van der Waals surface area contributed by atoms with E-state index >= 15 is 0 Å². The summed E-state index contributed by atoms with van der Waals surface area (Å²) >= 11 is 0. The van der Waals surface area contributed by atoms with Gasteiger partial charge in [0.05, 0.1) is 19.8 Å². The normalized spacial score (nSPS) is 14.3. The largest absolute Gasteiger partial charge is 0.472 e. The molecule has 3 atom stereocenters. The van der Waals surface area contributed by atoms with Crippen LogP contribution in [0.2, 0.25) is 0 Å². The number of unbranched alkanes of at least 4 members (excludes halogenated alkanes) is 14. The summed E-state index contributed by atoms with van der Waals surface area (Å²) in [6.07, 6.45) is 67.6. The molecule has 0 saturated carbocycles. The molecule has 74 heavy (non-hydrogen) atoms. The van der Waals surface area contributed by atoms with Gasteiger partial charge < -0.3 is 24.2 Å². The van der Waals surface area contributed by atoms with Crippen molar-refractivity contribution in [2.45, 2.75) is 226 Å². The van der Waals surface area contributed by atoms with Crippen LogP contribution in [0.25, 0.3) is 0 Å². The van der Waals surface area contributed by atoms with E-state index in [-0.39, 0.29) is 25.9 Å². The van der Waals surface area contributed by atoms with Gasteiger partial charge >= 0.3 is 25.7 Å². The number of hydrogen-bond acceptors (Lipinski definition) is 10. The van der Waals surface area contributed by atoms with E-state index in [1.54, 1.807) is 0 Å². The first-order valence-electron chi connectivity index (χ1n) is 28.4. The first-order valence-corrected chi connectivity index (χ1v) is 29.9. The maximum absolute atomic E-state index is 12.9. The van der Waals surface area contributed by atoms with Gasteiger partial charge in [0.15, 0.2) is 6.10 Å². The Morgan fingerprint density at radius 1 is 0.392 bits per heavy atom. The number of phosphoric ester groups is 1. The van der Waals surface area contributed by atoms with Crippen molar-refractivity contribution in [1.82, 2.24) is 0 Å². The molecule has 12 heteroatoms. The molecule has 0 fully saturated rings. The molecule has 2 N–H and O–H groups in total. The smallest absolute Gasteiger partial charge is 0.462 e. The molecular formula is C62H101O11P. The van der Waals surface area contributed by atoms with E-state index in [0.717, 1.165) is 116 Å². The Kier molecular flexibility index (Phi) is 52.1. The van der Waals surface area contributed by atoms with Crippen molar-refractivity contribution in [3.63, 3.8) is 0 Å². The zero-order valence-corrected chi connectivity index (χ0v) is 47.2. The van der Waals surface area contributed by atoms with Gasteiger partial charge in [-0.2, -0.15) is 0 Å². The summed E-state index contributed by atoms with van der Waals surface area (Å²) in [6.45, 7) is 4.27. The maximum atomic E-state index is 12.9. The highest BCUT2D eigenvalue weighted by Gasteiger charge is 2.28. The van der Waals surface area contributed by atoms with Gasteiger partial charge in [-0.15, -0.1) is 0 Å². The Hall–Kier alpha value is -4.12. The molecule has 0 aromatic carbocycles. The number of aliphatic hydroxyl groups is 1. The zero-order valence-electron chi connectivity index (χ0n) is 46.3. The van der Waals surface area contributed by atoms with Gasteiger partial charge in [0.25, 0.3) is 0 Å². The summed E-state index contributed by atoms with van der Waals surface area (Å²) in [4.78, 5) is 48.4. The van der Waals surface area contributed by atoms with Crippen LogP contribution in [0.4, 0.5) is 0 Å². The molecule has 0 aromatic rings. The molecule has 0 aromatic heterocycles. The lowest BCUT2D eigenvalue weighted by Gasteiger charge is -2.21. The van der Waals surface area contributed by atoms with Gasteiger partial charge in [-0.05, 0) is 96.3 Å². The summed E-state index contributed by atoms with van der Waals surface area (Å²) < 4.78 is 39.3. The van der Waals surface area contributed by atoms with Crippen LogP contribution < -0.4 is 0 Å². The standard InChI is InChI=1S/C62H101O11P/c1-4-7-10-13-16-19-21-23-25-27-29-31-33-35-37-40-42-45-48-51-60(64)69-55-59(57-71-74(67,68)70-56-58(54-63)72-61(65)52-49-46-43-39-18-15-12-9-6-3)73-62(66)53-50-47-44-41-38-36-34-32-30-28-26-24-22-20-17-14-11-8-5-2/h7-8,10-11,16-17,19-20,23-26,29-32,36,38,44,47,58-59,63H,4-6,9,12-15,18,21-22,27-28,33-35,37,39-43,45-46,48-57H2,1-3H3,(H,67,68)/b10-7-,11-8-,19-16-,20-17-,25-23-,26-24-,31-29-,32-30-,38-36-,47-44-. The number of aliphatic hydroxyl groups excluding tert-OH is 1. The molecule has 0 heterocycles. The highest BCUT2D eigenvalue weighted by atomic mass is 31.2. The van der Waals surface area contributed by atoms with E-state index in [0.29, 0.717) is 25.7 Å². The van der Waals surface area contributed by atoms with Gasteiger partial charge in [-0.3, -0.25) is 23.4 Å². The number of esters is 3. The fraction of sp³-hybridized carbons (Fsp3) is 0.629. The monoisotopic (exact) mass is 1050 g/mol. The minimum Gasteiger partial charge on any atom is -0.462 e. The Morgan fingerprint density at radius 3 is 1.16 bits per heavy atom. The average Bonchev–Trinajstić information content (AvgIpc) is 3.39. The van der Waals surface area contributed by atoms with Gasteiger partial charge in [0, 0.05) is 19.3 Å². The lowest BCUT2D eigenvalue weighted by atomic mass is 10.1. The first kappa shape index (κ1) is 69.9. The fourth-order valence-electron chi connectivity index (χ4n) is 7.14. The van der Waals surface area contributed by atoms with Crippen molar-refractivity contribution in [3.05, 3.63) is 122 Å². The fourth-order valence-corrected chi connectivity index (χ4v) is 7.92. The second-order valence-electron chi connectivity index (χ2n) is 18.3. The number of hydrogen-bond donors (Lipinski definition) is 2. The van der Waals surface area contributed by atoms with E-state index in [2.05, 4.69) is 130 Å². The van der Waals surface area contributed by atoms with Gasteiger partial charge in [0.2, 0.25) is 0 Å². The summed E-state index contributed by atoms with van der Waals surface area (Å²) in [5.74, 6) is -1.60. The molecule has 0 radical (unpaired) electrons. The second kappa shape index (κ2) is 55.1. The van der Waals surface area contributed by atoms with Crippen LogP contribution in [-0.4, -0.2) is 66.5 Å². The SMILES string of the molecule is CC/C=C\C/C=C\C/C=C\C/C=C\C/C=C\C/C=C\CCC(=O)OC(COC(=O)CCCCCCCC/C=C\C/C=C\C/C=C\C/C=C\CC)COP(=O)(O)OCC(CO)OC(=O)CCCCCCCCCCC. The highest BCUT2D eigenvalue weighted by Crippen LogP contribution is 2.43. The predicted molar refractivity (Wildman–Crippen MR) is 306 cm³/mol. The molecule has 420 valence electrons. The van der Waals surface area contributed by atoms with Crippen LogP contribution in [0.1, 0.15) is 213 Å². The third-order valence-electron chi connectivity index (χ3n) is 11.4. The lowest BCUT2D eigenvalue weighted by Crippen LogP contribution is -2.30. The summed E-state index contributed by atoms with van der Waals surface area (Å²) in [5, 5.41) is 9.77. The van der Waals surface area contributed by atoms with Crippen LogP contribution in [-0.2, 0) is 42.2 Å². The van der Waals surface area contributed by atoms with Crippen molar-refractivity contribution in [3.8, 4) is 0 Å². The Bertz CT molecular complexity index is 1700. The van der Waals surface area contributed by atoms with Crippen LogP contribution in [0, 0.1) is 0 Å². The zero-order chi connectivity index (χ0) is 54.1. The summed E-state index contributed by atoms with van der Waals surface area (Å²) in [7, 11) is -4.77. The number of allylic oxidation sites excluding steroid dienone is 20. The van der Waals surface area contributed by atoms with Gasteiger partial charge in [0.1, 0.15) is 12.7 Å². The minimum absolute atomic E-state index is 0.0337. The molecule has 0 rings (SSSR count). The van der Waals surface area contributed by atoms with E-state index in [1.165, 1.54) is 32.1 Å². The van der Waals surface area contributed by atoms with Crippen molar-refractivity contribution >= 4 is 25.7 Å². The Morgan fingerprint density at radius 2 is 0.730 bits per heavy atom. The second-order valence-corrected chi connectivity index (χ2v) is 19.8. The molecule has 0 aliphatic carbocycles. The average molecular weight is 1050 g/mol. The number of ether oxygens (including phenoxy) is 3. The first-order chi connectivity index (χ1) is 36.2. The molecule has 0 aliphatic rings. The molecule has 3 unspecified atom stereocenters. The lowest BCUT2D eigenvalue weighted by molar-refractivity contribution is -0.161. The van der Waals surface area contributed by atoms with Gasteiger partial charge in [-0.25, -0.2) is 4.57 Å². The molecule has 11 nitrogen and oxygen atoms in total. The topological polar surface area (TPSA) is 155 Å². The van der Waals surface area contributed by atoms with Crippen LogP contribution in [0.5, 0.6) is 0 Å². The Balaban J connectivity index is 4.87. The van der Waals surface area contributed by atoms with Crippen LogP contribution in [0.15, 0.2) is 122 Å². The number of carbonyl (C=O) groups is 3. The number of phosphoric acid groups is 1. The van der Waals surface area contributed by atoms with Crippen molar-refractivity contribution in [2.24, 2.45) is 0 Å². The predicted octanol–water partition coefficient (Wildman–Crippen LogP) is 16.8. The molecule has 0 bridgehead atoms. The third kappa shape index (κ3) is 52.7. The maximum Gasteiger partial charge on any atom is 0.472 e. The Labute approximate surface area is 449 Å². The quantitative estimate of drug-likeness (QED) is 0.0197. The van der Waals surface area contributed by atoms with Crippen LogP contribution >= 0.6 is 7.82 Å². The molecule has 0 aliphatic heterocycles. The van der Waals surface area contributed by atoms with E-state index < -0.39 is 57.8 Å². The van der Waals surface area contributed by atoms with Crippen molar-refractivity contribution in [2.75, 3.05) is 26.4 Å². The molecular weight excluding hydrogens is 952 g/mol. The van der Waals surface area contributed by atoms with E-state index in [9.17, 15) is 28.9 Å². The minimum atomic E-state index is -4.77. The summed E-state index contributed by atoms with van der Waals surface area (Å²) in [6, 6.07) is 0. The molecule has 0 spiro atoms. The van der Waals surface area contributed by atoms with Gasteiger partial charge in [-0.1, -0.05) is 219 Å². The third-order valence-corrected chi connectivity index (χ3v) is 12.3. The highest BCUT2D eigenvalue weighted by molar-refractivity contribution is 7.47. The van der Waals surface area contributed by atoms with Crippen molar-refractivity contribution in [1.29, 1.82) is 0 Å². The van der Waals surface area contributed by atoms with E-state index in [4.69, 9.17) is 23.3 Å². The summed E-state index contributed by atoms with van der Waals surface area (Å²) in [5.41, 5.74) is 0. The number of rotatable bonds is 51. The molecule has 0 amide bonds.